The van der Waals surface area contributed by atoms with Gasteiger partial charge in [-0.1, -0.05) is 6.58 Å². The molecule has 0 atom stereocenters. The molecule has 0 saturated carbocycles. The van der Waals surface area contributed by atoms with E-state index in [-0.39, 0.29) is 11.6 Å². The normalized spacial score (nSPS) is 9.69. The second-order valence-electron chi connectivity index (χ2n) is 3.23. The Hall–Kier alpha value is -1.84. The minimum absolute atomic E-state index is 0.153. The van der Waals surface area contributed by atoms with E-state index in [1.807, 2.05) is 6.92 Å². The minimum atomic E-state index is -0.506. The molecule has 0 aliphatic heterocycles. The largest absolute Gasteiger partial charge is 0.494 e. The molecule has 1 aromatic carbocycles. The molecule has 0 aliphatic rings. The average molecular weight is 223 g/mol. The molecule has 0 radical (unpaired) electrons. The molecule has 4 heteroatoms. The molecule has 3 nitrogen and oxygen atoms in total. The van der Waals surface area contributed by atoms with Gasteiger partial charge in [0.2, 0.25) is 5.91 Å². The molecule has 0 bridgehead atoms. The van der Waals surface area contributed by atoms with Gasteiger partial charge >= 0.3 is 0 Å². The summed E-state index contributed by atoms with van der Waals surface area (Å²) in [7, 11) is 0. The van der Waals surface area contributed by atoms with Crippen molar-refractivity contribution in [1.82, 2.24) is 0 Å². The monoisotopic (exact) mass is 223 g/mol. The summed E-state index contributed by atoms with van der Waals surface area (Å²) in [6.07, 6.45) is 0. The van der Waals surface area contributed by atoms with Crippen molar-refractivity contribution in [3.8, 4) is 0 Å². The third-order valence-corrected chi connectivity index (χ3v) is 1.92. The number of rotatable bonds is 4. The summed E-state index contributed by atoms with van der Waals surface area (Å²) in [5, 5.41) is 2.39. The van der Waals surface area contributed by atoms with E-state index < -0.39 is 5.82 Å². The Morgan fingerprint density at radius 1 is 1.56 bits per heavy atom. The zero-order valence-corrected chi connectivity index (χ0v) is 9.34. The summed E-state index contributed by atoms with van der Waals surface area (Å²) >= 11 is 0. The van der Waals surface area contributed by atoms with E-state index in [1.165, 1.54) is 19.1 Å². The SMILES string of the molecule is C=C(OCC)c1ccc(NC(C)=O)c(F)c1. The van der Waals surface area contributed by atoms with Crippen LogP contribution in [0.3, 0.4) is 0 Å². The minimum Gasteiger partial charge on any atom is -0.494 e. The molecule has 86 valence electrons. The number of nitrogens with one attached hydrogen (secondary N) is 1. The number of carbonyl (C=O) groups excluding carboxylic acids is 1. The Labute approximate surface area is 93.9 Å². The highest BCUT2D eigenvalue weighted by molar-refractivity contribution is 5.88. The van der Waals surface area contributed by atoms with Crippen LogP contribution in [0.2, 0.25) is 0 Å². The second-order valence-corrected chi connectivity index (χ2v) is 3.23. The van der Waals surface area contributed by atoms with Gasteiger partial charge in [0.05, 0.1) is 12.3 Å². The van der Waals surface area contributed by atoms with Crippen molar-refractivity contribution in [1.29, 1.82) is 0 Å². The van der Waals surface area contributed by atoms with Gasteiger partial charge in [0.25, 0.3) is 0 Å². The van der Waals surface area contributed by atoms with Crippen LogP contribution < -0.4 is 5.32 Å². The van der Waals surface area contributed by atoms with Crippen molar-refractivity contribution in [3.63, 3.8) is 0 Å². The van der Waals surface area contributed by atoms with Gasteiger partial charge in [-0.2, -0.15) is 0 Å². The second kappa shape index (κ2) is 5.30. The Balaban J connectivity index is 2.90. The van der Waals surface area contributed by atoms with Crippen LogP contribution in [0.15, 0.2) is 24.8 Å². The van der Waals surface area contributed by atoms with E-state index in [2.05, 4.69) is 11.9 Å². The number of benzene rings is 1. The standard InChI is InChI=1S/C12H14FNO2/c1-4-16-8(2)10-5-6-12(11(13)7-10)14-9(3)15/h5-7H,2,4H2,1,3H3,(H,14,15). The zero-order chi connectivity index (χ0) is 12.1. The first-order chi connectivity index (χ1) is 7.54. The van der Waals surface area contributed by atoms with Crippen LogP contribution in [-0.4, -0.2) is 12.5 Å². The first kappa shape index (κ1) is 12.2. The molecule has 16 heavy (non-hydrogen) atoms. The molecule has 0 unspecified atom stereocenters. The topological polar surface area (TPSA) is 38.3 Å². The highest BCUT2D eigenvalue weighted by Crippen LogP contribution is 2.20. The summed E-state index contributed by atoms with van der Waals surface area (Å²) in [4.78, 5) is 10.8. The molecule has 0 aromatic heterocycles. The van der Waals surface area contributed by atoms with Gasteiger partial charge in [-0.05, 0) is 25.1 Å². The molecule has 1 N–H and O–H groups in total. The number of carbonyl (C=O) groups is 1. The molecule has 0 heterocycles. The van der Waals surface area contributed by atoms with E-state index in [9.17, 15) is 9.18 Å². The van der Waals surface area contributed by atoms with E-state index in [0.29, 0.717) is 17.9 Å². The predicted molar refractivity (Wildman–Crippen MR) is 61.4 cm³/mol. The first-order valence-corrected chi connectivity index (χ1v) is 4.93. The maximum absolute atomic E-state index is 13.5. The Bertz CT molecular complexity index is 415. The van der Waals surface area contributed by atoms with Crippen molar-refractivity contribution in [2.75, 3.05) is 11.9 Å². The van der Waals surface area contributed by atoms with Gasteiger partial charge in [-0.15, -0.1) is 0 Å². The molecular formula is C12H14FNO2. The lowest BCUT2D eigenvalue weighted by atomic mass is 10.1. The van der Waals surface area contributed by atoms with Gasteiger partial charge < -0.3 is 10.1 Å². The lowest BCUT2D eigenvalue weighted by Gasteiger charge is -2.09. The van der Waals surface area contributed by atoms with Crippen LogP contribution in [0, 0.1) is 5.82 Å². The molecule has 1 amide bonds. The third-order valence-electron chi connectivity index (χ3n) is 1.92. The molecule has 0 fully saturated rings. The van der Waals surface area contributed by atoms with Crippen molar-refractivity contribution in [3.05, 3.63) is 36.2 Å². The fourth-order valence-corrected chi connectivity index (χ4v) is 1.24. The van der Waals surface area contributed by atoms with Crippen LogP contribution in [-0.2, 0) is 9.53 Å². The van der Waals surface area contributed by atoms with Crippen LogP contribution >= 0.6 is 0 Å². The van der Waals surface area contributed by atoms with Gasteiger partial charge in [-0.3, -0.25) is 4.79 Å². The fourth-order valence-electron chi connectivity index (χ4n) is 1.24. The molecule has 0 aliphatic carbocycles. The Morgan fingerprint density at radius 3 is 2.75 bits per heavy atom. The molecule has 1 rings (SSSR count). The summed E-state index contributed by atoms with van der Waals surface area (Å²) in [6.45, 7) is 7.30. The molecular weight excluding hydrogens is 209 g/mol. The van der Waals surface area contributed by atoms with Crippen molar-refractivity contribution in [2.45, 2.75) is 13.8 Å². The molecule has 0 spiro atoms. The van der Waals surface area contributed by atoms with Gasteiger partial charge in [0.15, 0.2) is 0 Å². The first-order valence-electron chi connectivity index (χ1n) is 4.93. The number of anilines is 1. The lowest BCUT2D eigenvalue weighted by Crippen LogP contribution is -2.07. The van der Waals surface area contributed by atoms with E-state index in [0.717, 1.165) is 0 Å². The van der Waals surface area contributed by atoms with E-state index in [1.54, 1.807) is 6.07 Å². The zero-order valence-electron chi connectivity index (χ0n) is 9.34. The van der Waals surface area contributed by atoms with E-state index in [4.69, 9.17) is 4.74 Å². The number of halogens is 1. The van der Waals surface area contributed by atoms with E-state index >= 15 is 0 Å². The number of amides is 1. The van der Waals surface area contributed by atoms with Gasteiger partial charge in [-0.25, -0.2) is 4.39 Å². The quantitative estimate of drug-likeness (QED) is 0.797. The molecule has 0 saturated heterocycles. The van der Waals surface area contributed by atoms with Crippen molar-refractivity contribution >= 4 is 17.4 Å². The van der Waals surface area contributed by atoms with Gasteiger partial charge in [0, 0.05) is 12.5 Å². The third kappa shape index (κ3) is 3.08. The summed E-state index contributed by atoms with van der Waals surface area (Å²) in [6, 6.07) is 4.41. The van der Waals surface area contributed by atoms with Crippen molar-refractivity contribution < 1.29 is 13.9 Å². The number of ether oxygens (including phenoxy) is 1. The predicted octanol–water partition coefficient (Wildman–Crippen LogP) is 2.79. The molecule has 1 aromatic rings. The fraction of sp³-hybridized carbons (Fsp3) is 0.250. The smallest absolute Gasteiger partial charge is 0.221 e. The number of hydrogen-bond donors (Lipinski definition) is 1. The summed E-state index contributed by atoms with van der Waals surface area (Å²) in [5.74, 6) is -0.403. The van der Waals surface area contributed by atoms with Crippen molar-refractivity contribution in [2.24, 2.45) is 0 Å². The highest BCUT2D eigenvalue weighted by atomic mass is 19.1. The van der Waals surface area contributed by atoms with Gasteiger partial charge in [0.1, 0.15) is 11.6 Å². The Morgan fingerprint density at radius 2 is 2.25 bits per heavy atom. The maximum Gasteiger partial charge on any atom is 0.221 e. The summed E-state index contributed by atoms with van der Waals surface area (Å²) < 4.78 is 18.7. The highest BCUT2D eigenvalue weighted by Gasteiger charge is 2.07. The maximum atomic E-state index is 13.5. The summed E-state index contributed by atoms with van der Waals surface area (Å²) in [5.41, 5.74) is 0.717. The lowest BCUT2D eigenvalue weighted by molar-refractivity contribution is -0.114. The Kier molecular flexibility index (Phi) is 4.05. The van der Waals surface area contributed by atoms with Crippen LogP contribution in [0.5, 0.6) is 0 Å². The average Bonchev–Trinajstić information content (AvgIpc) is 2.20. The number of hydrogen-bond acceptors (Lipinski definition) is 2. The van der Waals surface area contributed by atoms with Crippen LogP contribution in [0.1, 0.15) is 19.4 Å². The van der Waals surface area contributed by atoms with Crippen LogP contribution in [0.4, 0.5) is 10.1 Å². The van der Waals surface area contributed by atoms with Crippen LogP contribution in [0.25, 0.3) is 5.76 Å².